The zero-order chi connectivity index (χ0) is 17.6. The molecule has 0 aliphatic rings. The van der Waals surface area contributed by atoms with Gasteiger partial charge in [-0.1, -0.05) is 31.7 Å². The van der Waals surface area contributed by atoms with Gasteiger partial charge in [0.1, 0.15) is 6.04 Å². The number of hydrogen-bond donors (Lipinski definition) is 1. The van der Waals surface area contributed by atoms with Gasteiger partial charge in [0.25, 0.3) is 10.0 Å². The van der Waals surface area contributed by atoms with E-state index in [1.807, 2.05) is 0 Å². The van der Waals surface area contributed by atoms with Gasteiger partial charge < -0.3 is 0 Å². The molecule has 4 nitrogen and oxygen atoms in total. The lowest BCUT2D eigenvalue weighted by atomic mass is 10.1. The van der Waals surface area contributed by atoms with E-state index in [4.69, 9.17) is 0 Å². The van der Waals surface area contributed by atoms with E-state index in [0.717, 1.165) is 6.92 Å². The molecule has 0 aromatic rings. The number of sulfonamides is 1. The van der Waals surface area contributed by atoms with E-state index in [1.54, 1.807) is 30.7 Å². The molecule has 0 saturated heterocycles. The first-order valence-corrected chi connectivity index (χ1v) is 8.05. The van der Waals surface area contributed by atoms with Gasteiger partial charge in [0.15, 0.2) is 5.04 Å². The highest BCUT2D eigenvalue weighted by molar-refractivity contribution is 8.05. The molecule has 22 heavy (non-hydrogen) atoms. The molecule has 0 radical (unpaired) electrons. The SMILES string of the molecule is C=C/C=C(C)\C(=C/CC)C(=NC)S(=O)(=O)NC(C)C(F)(F)F. The van der Waals surface area contributed by atoms with Crippen molar-refractivity contribution in [3.05, 3.63) is 36.0 Å². The Bertz CT molecular complexity index is 588. The molecule has 0 heterocycles. The van der Waals surface area contributed by atoms with Crippen LogP contribution in [0, 0.1) is 0 Å². The molecule has 126 valence electrons. The Labute approximate surface area is 129 Å². The van der Waals surface area contributed by atoms with Crippen LogP contribution in [0.15, 0.2) is 40.9 Å². The fourth-order valence-corrected chi connectivity index (χ4v) is 3.11. The van der Waals surface area contributed by atoms with E-state index >= 15 is 0 Å². The number of nitrogens with zero attached hydrogens (tertiary/aromatic N) is 1. The average molecular weight is 338 g/mol. The Morgan fingerprint density at radius 1 is 1.41 bits per heavy atom. The number of allylic oxidation sites excluding steroid dienone is 4. The molecule has 0 fully saturated rings. The summed E-state index contributed by atoms with van der Waals surface area (Å²) in [5.74, 6) is 0. The summed E-state index contributed by atoms with van der Waals surface area (Å²) in [5.41, 5.74) is 0.800. The van der Waals surface area contributed by atoms with E-state index in [0.29, 0.717) is 12.0 Å². The quantitative estimate of drug-likeness (QED) is 0.459. The Balaban J connectivity index is 5.80. The molecular formula is C14H21F3N2O2S. The summed E-state index contributed by atoms with van der Waals surface area (Å²) in [6.45, 7) is 7.67. The van der Waals surface area contributed by atoms with Gasteiger partial charge in [0, 0.05) is 12.6 Å². The van der Waals surface area contributed by atoms with Gasteiger partial charge in [-0.2, -0.15) is 17.9 Å². The largest absolute Gasteiger partial charge is 0.404 e. The van der Waals surface area contributed by atoms with E-state index in [1.165, 1.54) is 13.1 Å². The third kappa shape index (κ3) is 5.76. The van der Waals surface area contributed by atoms with Crippen LogP contribution in [0.25, 0.3) is 0 Å². The molecule has 0 rings (SSSR count). The second-order valence-electron chi connectivity index (χ2n) is 4.52. The predicted octanol–water partition coefficient (Wildman–Crippen LogP) is 3.35. The van der Waals surface area contributed by atoms with Crippen LogP contribution in [-0.4, -0.2) is 32.7 Å². The highest BCUT2D eigenvalue weighted by atomic mass is 32.2. The molecule has 0 bridgehead atoms. The number of alkyl halides is 3. The van der Waals surface area contributed by atoms with Crippen molar-refractivity contribution >= 4 is 15.1 Å². The first-order chi connectivity index (χ1) is 10.0. The summed E-state index contributed by atoms with van der Waals surface area (Å²) in [6, 6.07) is -2.21. The third-order valence-corrected chi connectivity index (χ3v) is 4.29. The Kier molecular flexibility index (Phi) is 7.75. The molecule has 0 aromatic carbocycles. The molecule has 0 aromatic heterocycles. The number of rotatable bonds is 6. The predicted molar refractivity (Wildman–Crippen MR) is 83.3 cm³/mol. The van der Waals surface area contributed by atoms with Crippen molar-refractivity contribution in [2.45, 2.75) is 39.4 Å². The lowest BCUT2D eigenvalue weighted by Crippen LogP contribution is -2.45. The normalized spacial score (nSPS) is 16.6. The Morgan fingerprint density at radius 3 is 2.32 bits per heavy atom. The lowest BCUT2D eigenvalue weighted by molar-refractivity contribution is -0.146. The standard InChI is InChI=1S/C14H21F3N2O2S/c1-6-8-10(3)12(9-7-2)13(18-5)22(20,21)19-11(4)14(15,16)17/h6,8-9,11,19H,1,7H2,2-5H3/b10-8-,12-9+,18-13?. The van der Waals surface area contributed by atoms with E-state index < -0.39 is 27.3 Å². The molecule has 1 unspecified atom stereocenters. The molecule has 1 N–H and O–H groups in total. The van der Waals surface area contributed by atoms with Gasteiger partial charge in [-0.25, -0.2) is 8.42 Å². The zero-order valence-corrected chi connectivity index (χ0v) is 13.8. The van der Waals surface area contributed by atoms with E-state index in [2.05, 4.69) is 11.6 Å². The van der Waals surface area contributed by atoms with Crippen LogP contribution in [0.1, 0.15) is 27.2 Å². The summed E-state index contributed by atoms with van der Waals surface area (Å²) in [6.07, 6.45) is 0.447. The van der Waals surface area contributed by atoms with E-state index in [9.17, 15) is 21.6 Å². The minimum Gasteiger partial charge on any atom is -0.275 e. The van der Waals surface area contributed by atoms with Gasteiger partial charge in [-0.05, 0) is 25.8 Å². The zero-order valence-electron chi connectivity index (χ0n) is 13.0. The van der Waals surface area contributed by atoms with Crippen molar-refractivity contribution in [3.63, 3.8) is 0 Å². The average Bonchev–Trinajstić information content (AvgIpc) is 2.36. The van der Waals surface area contributed by atoms with Crippen LogP contribution in [0.2, 0.25) is 0 Å². The Hall–Kier alpha value is -1.41. The van der Waals surface area contributed by atoms with Crippen LogP contribution in [-0.2, 0) is 10.0 Å². The van der Waals surface area contributed by atoms with Gasteiger partial charge in [-0.3, -0.25) is 4.99 Å². The topological polar surface area (TPSA) is 58.5 Å². The van der Waals surface area contributed by atoms with Gasteiger partial charge in [0.2, 0.25) is 0 Å². The second-order valence-corrected chi connectivity index (χ2v) is 6.15. The highest BCUT2D eigenvalue weighted by Gasteiger charge is 2.40. The summed E-state index contributed by atoms with van der Waals surface area (Å²) >= 11 is 0. The summed E-state index contributed by atoms with van der Waals surface area (Å²) in [7, 11) is -3.18. The summed E-state index contributed by atoms with van der Waals surface area (Å²) in [5, 5.41) is -0.430. The first kappa shape index (κ1) is 20.6. The molecule has 0 saturated carbocycles. The van der Waals surface area contributed by atoms with Crippen molar-refractivity contribution in [3.8, 4) is 0 Å². The maximum absolute atomic E-state index is 12.6. The number of aliphatic imine (C=N–C) groups is 1. The minimum atomic E-state index is -4.67. The fraction of sp³-hybridized carbons (Fsp3) is 0.500. The van der Waals surface area contributed by atoms with Crippen molar-refractivity contribution < 1.29 is 21.6 Å². The van der Waals surface area contributed by atoms with Crippen LogP contribution >= 0.6 is 0 Å². The fourth-order valence-electron chi connectivity index (χ4n) is 1.63. The van der Waals surface area contributed by atoms with Crippen LogP contribution < -0.4 is 4.72 Å². The first-order valence-electron chi connectivity index (χ1n) is 6.57. The molecule has 0 spiro atoms. The summed E-state index contributed by atoms with van der Waals surface area (Å²) in [4.78, 5) is 3.67. The van der Waals surface area contributed by atoms with Crippen LogP contribution in [0.5, 0.6) is 0 Å². The molecule has 8 heteroatoms. The van der Waals surface area contributed by atoms with Crippen LogP contribution in [0.4, 0.5) is 13.2 Å². The summed E-state index contributed by atoms with van der Waals surface area (Å²) < 4.78 is 63.7. The van der Waals surface area contributed by atoms with Crippen molar-refractivity contribution in [1.29, 1.82) is 0 Å². The minimum absolute atomic E-state index is 0.256. The smallest absolute Gasteiger partial charge is 0.275 e. The molecule has 0 aliphatic carbocycles. The van der Waals surface area contributed by atoms with Gasteiger partial charge in [0.05, 0.1) is 0 Å². The number of nitrogens with one attached hydrogen (secondary N) is 1. The molecule has 0 aliphatic heterocycles. The number of hydrogen-bond acceptors (Lipinski definition) is 3. The highest BCUT2D eigenvalue weighted by Crippen LogP contribution is 2.22. The van der Waals surface area contributed by atoms with Gasteiger partial charge in [-0.15, -0.1) is 0 Å². The van der Waals surface area contributed by atoms with Gasteiger partial charge >= 0.3 is 6.18 Å². The maximum Gasteiger partial charge on any atom is 0.404 e. The Morgan fingerprint density at radius 2 is 1.95 bits per heavy atom. The maximum atomic E-state index is 12.6. The molecular weight excluding hydrogens is 317 g/mol. The van der Waals surface area contributed by atoms with E-state index in [-0.39, 0.29) is 5.57 Å². The van der Waals surface area contributed by atoms with Crippen LogP contribution in [0.3, 0.4) is 0 Å². The van der Waals surface area contributed by atoms with Crippen molar-refractivity contribution in [1.82, 2.24) is 4.72 Å². The number of halogens is 3. The van der Waals surface area contributed by atoms with Crippen molar-refractivity contribution in [2.24, 2.45) is 4.99 Å². The second kappa shape index (κ2) is 8.28. The lowest BCUT2D eigenvalue weighted by Gasteiger charge is -2.19. The third-order valence-electron chi connectivity index (χ3n) is 2.71. The monoisotopic (exact) mass is 338 g/mol. The molecule has 1 atom stereocenters. The van der Waals surface area contributed by atoms with Crippen molar-refractivity contribution in [2.75, 3.05) is 7.05 Å². The molecule has 0 amide bonds.